The summed E-state index contributed by atoms with van der Waals surface area (Å²) in [5, 5.41) is 7.68. The van der Waals surface area contributed by atoms with Gasteiger partial charge in [0.15, 0.2) is 5.88 Å². The fourth-order valence-corrected chi connectivity index (χ4v) is 3.03. The van der Waals surface area contributed by atoms with E-state index in [2.05, 4.69) is 28.8 Å². The number of ether oxygens (including phenoxy) is 1. The maximum absolute atomic E-state index is 12.4. The molecule has 32 heavy (non-hydrogen) atoms. The Morgan fingerprint density at radius 1 is 1.16 bits per heavy atom. The van der Waals surface area contributed by atoms with E-state index < -0.39 is 0 Å². The molecule has 0 aliphatic rings. The molecule has 1 N–H and O–H groups in total. The first-order valence-electron chi connectivity index (χ1n) is 10.4. The standard InChI is InChI=1S/C26H28N4O2/c1-5-32-20(2)27-24-10-6-8-22(18-24)19-30-26(31)16-15-25(28-30)23-13-11-21(12-14-23)9-7-17-29(3)4/h6,8,10-16,18,27H,2,5,17,19H2,1,3-4H3. The molecule has 0 atom stereocenters. The van der Waals surface area contributed by atoms with Gasteiger partial charge >= 0.3 is 0 Å². The molecular weight excluding hydrogens is 400 g/mol. The van der Waals surface area contributed by atoms with E-state index in [0.29, 0.717) is 25.6 Å². The van der Waals surface area contributed by atoms with Crippen molar-refractivity contribution in [2.75, 3.05) is 32.6 Å². The average Bonchev–Trinajstić information content (AvgIpc) is 2.76. The number of rotatable bonds is 8. The van der Waals surface area contributed by atoms with Crippen molar-refractivity contribution in [3.05, 3.63) is 94.6 Å². The first-order chi connectivity index (χ1) is 15.4. The lowest BCUT2D eigenvalue weighted by molar-refractivity contribution is 0.236. The highest BCUT2D eigenvalue weighted by Crippen LogP contribution is 2.17. The fourth-order valence-electron chi connectivity index (χ4n) is 3.03. The van der Waals surface area contributed by atoms with Crippen LogP contribution in [-0.4, -0.2) is 41.9 Å². The number of nitrogens with one attached hydrogen (secondary N) is 1. The first kappa shape index (κ1) is 22.9. The molecule has 6 heteroatoms. The quantitative estimate of drug-likeness (QED) is 0.437. The molecule has 0 aliphatic carbocycles. The van der Waals surface area contributed by atoms with Gasteiger partial charge in [-0.05, 0) is 63.5 Å². The fraction of sp³-hybridized carbons (Fsp3) is 0.231. The van der Waals surface area contributed by atoms with Crippen LogP contribution in [0.1, 0.15) is 18.1 Å². The van der Waals surface area contributed by atoms with Gasteiger partial charge in [0.25, 0.3) is 5.56 Å². The summed E-state index contributed by atoms with van der Waals surface area (Å²) in [6.45, 7) is 7.35. The number of aromatic nitrogens is 2. The van der Waals surface area contributed by atoms with Gasteiger partial charge in [0.05, 0.1) is 25.4 Å². The van der Waals surface area contributed by atoms with Gasteiger partial charge in [-0.2, -0.15) is 5.10 Å². The molecule has 1 aromatic heterocycles. The summed E-state index contributed by atoms with van der Waals surface area (Å²) in [5.41, 5.74) is 4.24. The lowest BCUT2D eigenvalue weighted by atomic mass is 10.1. The highest BCUT2D eigenvalue weighted by molar-refractivity contribution is 5.59. The normalized spacial score (nSPS) is 10.4. The monoisotopic (exact) mass is 428 g/mol. The third-order valence-corrected chi connectivity index (χ3v) is 4.54. The molecule has 0 spiro atoms. The molecule has 2 aromatic carbocycles. The zero-order valence-corrected chi connectivity index (χ0v) is 18.8. The summed E-state index contributed by atoms with van der Waals surface area (Å²) < 4.78 is 6.81. The van der Waals surface area contributed by atoms with Gasteiger partial charge in [-0.3, -0.25) is 9.69 Å². The second kappa shape index (κ2) is 11.0. The second-order valence-electron chi connectivity index (χ2n) is 7.51. The Labute approximate surface area is 189 Å². The number of hydrogen-bond acceptors (Lipinski definition) is 5. The minimum atomic E-state index is -0.156. The van der Waals surface area contributed by atoms with Crippen molar-refractivity contribution >= 4 is 5.69 Å². The van der Waals surface area contributed by atoms with Crippen LogP contribution in [0.5, 0.6) is 0 Å². The number of nitrogens with zero attached hydrogens (tertiary/aromatic N) is 3. The molecule has 0 bridgehead atoms. The summed E-state index contributed by atoms with van der Waals surface area (Å²) in [5.74, 6) is 6.75. The lowest BCUT2D eigenvalue weighted by Crippen LogP contribution is -2.22. The summed E-state index contributed by atoms with van der Waals surface area (Å²) in [4.78, 5) is 14.4. The van der Waals surface area contributed by atoms with Crippen LogP contribution in [0.3, 0.4) is 0 Å². The Morgan fingerprint density at radius 2 is 1.94 bits per heavy atom. The van der Waals surface area contributed by atoms with Crippen molar-refractivity contribution < 1.29 is 4.74 Å². The van der Waals surface area contributed by atoms with Crippen molar-refractivity contribution in [1.29, 1.82) is 0 Å². The molecule has 0 unspecified atom stereocenters. The van der Waals surface area contributed by atoms with Crippen molar-refractivity contribution in [2.45, 2.75) is 13.5 Å². The third kappa shape index (κ3) is 6.59. The van der Waals surface area contributed by atoms with E-state index in [9.17, 15) is 4.79 Å². The predicted molar refractivity (Wildman–Crippen MR) is 129 cm³/mol. The molecule has 0 radical (unpaired) electrons. The lowest BCUT2D eigenvalue weighted by Gasteiger charge is -2.12. The van der Waals surface area contributed by atoms with Crippen molar-refractivity contribution in [2.24, 2.45) is 0 Å². The predicted octanol–water partition coefficient (Wildman–Crippen LogP) is 3.79. The summed E-state index contributed by atoms with van der Waals surface area (Å²) >= 11 is 0. The number of anilines is 1. The van der Waals surface area contributed by atoms with Crippen LogP contribution in [0.25, 0.3) is 11.3 Å². The van der Waals surface area contributed by atoms with Crippen molar-refractivity contribution in [3.63, 3.8) is 0 Å². The van der Waals surface area contributed by atoms with Gasteiger partial charge in [-0.15, -0.1) is 0 Å². The maximum Gasteiger partial charge on any atom is 0.267 e. The molecule has 6 nitrogen and oxygen atoms in total. The minimum absolute atomic E-state index is 0.156. The molecule has 1 heterocycles. The zero-order chi connectivity index (χ0) is 22.9. The van der Waals surface area contributed by atoms with Crippen LogP contribution in [0.15, 0.2) is 77.9 Å². The Kier molecular flexibility index (Phi) is 7.85. The molecule has 0 saturated heterocycles. The van der Waals surface area contributed by atoms with Gasteiger partial charge in [-0.25, -0.2) is 4.68 Å². The Balaban J connectivity index is 1.77. The maximum atomic E-state index is 12.4. The average molecular weight is 429 g/mol. The van der Waals surface area contributed by atoms with Crippen molar-refractivity contribution in [1.82, 2.24) is 14.7 Å². The molecule has 0 amide bonds. The van der Waals surface area contributed by atoms with Crippen LogP contribution < -0.4 is 10.9 Å². The number of hydrogen-bond donors (Lipinski definition) is 1. The van der Waals surface area contributed by atoms with E-state index in [4.69, 9.17) is 4.74 Å². The Morgan fingerprint density at radius 3 is 2.66 bits per heavy atom. The van der Waals surface area contributed by atoms with Crippen LogP contribution in [0, 0.1) is 11.8 Å². The van der Waals surface area contributed by atoms with Gasteiger partial charge < -0.3 is 10.1 Å². The van der Waals surface area contributed by atoms with E-state index in [1.807, 2.05) is 74.4 Å². The Bertz CT molecular complexity index is 1180. The summed E-state index contributed by atoms with van der Waals surface area (Å²) in [7, 11) is 3.98. The topological polar surface area (TPSA) is 59.4 Å². The SMILES string of the molecule is C=C(Nc1cccc(Cn2nc(-c3ccc(C#CCN(C)C)cc3)ccc2=O)c1)OCC. The van der Waals surface area contributed by atoms with Crippen LogP contribution >= 0.6 is 0 Å². The van der Waals surface area contributed by atoms with E-state index >= 15 is 0 Å². The molecule has 3 aromatic rings. The zero-order valence-electron chi connectivity index (χ0n) is 18.8. The van der Waals surface area contributed by atoms with Crippen molar-refractivity contribution in [3.8, 4) is 23.1 Å². The first-order valence-corrected chi connectivity index (χ1v) is 10.4. The van der Waals surface area contributed by atoms with Crippen LogP contribution in [0.4, 0.5) is 5.69 Å². The smallest absolute Gasteiger partial charge is 0.267 e. The molecular formula is C26H28N4O2. The second-order valence-corrected chi connectivity index (χ2v) is 7.51. The minimum Gasteiger partial charge on any atom is -0.480 e. The van der Waals surface area contributed by atoms with E-state index in [-0.39, 0.29) is 5.56 Å². The molecule has 0 saturated carbocycles. The Hall–Kier alpha value is -3.82. The van der Waals surface area contributed by atoms with Crippen LogP contribution in [-0.2, 0) is 11.3 Å². The third-order valence-electron chi connectivity index (χ3n) is 4.54. The molecule has 3 rings (SSSR count). The molecule has 164 valence electrons. The largest absolute Gasteiger partial charge is 0.480 e. The van der Waals surface area contributed by atoms with E-state index in [1.54, 1.807) is 12.1 Å². The van der Waals surface area contributed by atoms with Gasteiger partial charge in [-0.1, -0.05) is 36.1 Å². The van der Waals surface area contributed by atoms with Gasteiger partial charge in [0.1, 0.15) is 0 Å². The van der Waals surface area contributed by atoms with E-state index in [0.717, 1.165) is 28.1 Å². The van der Waals surface area contributed by atoms with Crippen LogP contribution in [0.2, 0.25) is 0 Å². The summed E-state index contributed by atoms with van der Waals surface area (Å²) in [6.07, 6.45) is 0. The highest BCUT2D eigenvalue weighted by Gasteiger charge is 2.06. The molecule has 0 aliphatic heterocycles. The van der Waals surface area contributed by atoms with E-state index in [1.165, 1.54) is 4.68 Å². The highest BCUT2D eigenvalue weighted by atomic mass is 16.5. The van der Waals surface area contributed by atoms with Gasteiger partial charge in [0.2, 0.25) is 0 Å². The van der Waals surface area contributed by atoms with Gasteiger partial charge in [0, 0.05) is 22.9 Å². The summed E-state index contributed by atoms with van der Waals surface area (Å²) in [6, 6.07) is 18.9. The number of benzene rings is 2. The molecule has 0 fully saturated rings.